The summed E-state index contributed by atoms with van der Waals surface area (Å²) in [6.45, 7) is 0. The minimum atomic E-state index is 0.154. The lowest BCUT2D eigenvalue weighted by Crippen LogP contribution is -2.47. The first-order valence-electron chi connectivity index (χ1n) is 9.32. The van der Waals surface area contributed by atoms with Crippen LogP contribution in [0.4, 0.5) is 5.82 Å². The van der Waals surface area contributed by atoms with Gasteiger partial charge in [-0.25, -0.2) is 0 Å². The Morgan fingerprint density at radius 1 is 1.17 bits per heavy atom. The number of benzene rings is 1. The van der Waals surface area contributed by atoms with Crippen LogP contribution in [0, 0.1) is 23.2 Å². The third kappa shape index (κ3) is 2.27. The highest BCUT2D eigenvalue weighted by atomic mass is 16.1. The fourth-order valence-corrected chi connectivity index (χ4v) is 6.33. The SMILES string of the molecule is Cn1nc(NC(=O)CC23CC4CC(CC(C4)C2)C3)c2ccccc21. The molecule has 1 aromatic heterocycles. The lowest BCUT2D eigenvalue weighted by atomic mass is 9.49. The molecule has 126 valence electrons. The number of rotatable bonds is 3. The van der Waals surface area contributed by atoms with Crippen molar-refractivity contribution in [3.05, 3.63) is 24.3 Å². The smallest absolute Gasteiger partial charge is 0.226 e. The molecule has 4 fully saturated rings. The maximum absolute atomic E-state index is 12.8. The van der Waals surface area contributed by atoms with Crippen LogP contribution in [0.25, 0.3) is 10.9 Å². The van der Waals surface area contributed by atoms with Gasteiger partial charge < -0.3 is 5.32 Å². The normalized spacial score (nSPS) is 34.0. The number of aromatic nitrogens is 2. The van der Waals surface area contributed by atoms with Crippen molar-refractivity contribution in [3.8, 4) is 0 Å². The van der Waals surface area contributed by atoms with Crippen molar-refractivity contribution >= 4 is 22.6 Å². The maximum atomic E-state index is 12.8. The van der Waals surface area contributed by atoms with Crippen LogP contribution in [0.15, 0.2) is 24.3 Å². The highest BCUT2D eigenvalue weighted by Crippen LogP contribution is 2.61. The van der Waals surface area contributed by atoms with E-state index in [1.54, 1.807) is 0 Å². The van der Waals surface area contributed by atoms with Crippen LogP contribution in [-0.2, 0) is 11.8 Å². The van der Waals surface area contributed by atoms with Crippen molar-refractivity contribution < 1.29 is 4.79 Å². The van der Waals surface area contributed by atoms with Gasteiger partial charge in [-0.15, -0.1) is 0 Å². The highest BCUT2D eigenvalue weighted by molar-refractivity contribution is 6.00. The number of amides is 1. The van der Waals surface area contributed by atoms with E-state index < -0.39 is 0 Å². The molecule has 4 saturated carbocycles. The van der Waals surface area contributed by atoms with Crippen molar-refractivity contribution in [1.29, 1.82) is 0 Å². The molecule has 4 aliphatic carbocycles. The van der Waals surface area contributed by atoms with E-state index in [4.69, 9.17) is 0 Å². The molecular formula is C20H25N3O. The van der Waals surface area contributed by atoms with Crippen LogP contribution in [0.5, 0.6) is 0 Å². The van der Waals surface area contributed by atoms with E-state index in [1.807, 2.05) is 36.0 Å². The molecule has 0 radical (unpaired) electrons. The number of para-hydroxylation sites is 1. The van der Waals surface area contributed by atoms with Gasteiger partial charge in [0.2, 0.25) is 5.91 Å². The third-order valence-corrected chi connectivity index (χ3v) is 6.72. The third-order valence-electron chi connectivity index (χ3n) is 6.72. The van der Waals surface area contributed by atoms with Gasteiger partial charge >= 0.3 is 0 Å². The monoisotopic (exact) mass is 323 g/mol. The Balaban J connectivity index is 1.36. The van der Waals surface area contributed by atoms with Gasteiger partial charge in [-0.3, -0.25) is 9.48 Å². The van der Waals surface area contributed by atoms with E-state index in [1.165, 1.54) is 38.5 Å². The number of nitrogens with zero attached hydrogens (tertiary/aromatic N) is 2. The minimum absolute atomic E-state index is 0.154. The van der Waals surface area contributed by atoms with E-state index in [9.17, 15) is 4.79 Å². The van der Waals surface area contributed by atoms with Crippen molar-refractivity contribution in [1.82, 2.24) is 9.78 Å². The summed E-state index contributed by atoms with van der Waals surface area (Å²) in [6, 6.07) is 8.07. The average molecular weight is 323 g/mol. The molecule has 0 spiro atoms. The Kier molecular flexibility index (Phi) is 3.07. The number of fused-ring (bicyclic) bond motifs is 1. The summed E-state index contributed by atoms with van der Waals surface area (Å²) in [5.41, 5.74) is 1.34. The molecule has 6 rings (SSSR count). The minimum Gasteiger partial charge on any atom is -0.309 e. The predicted molar refractivity (Wildman–Crippen MR) is 94.6 cm³/mol. The van der Waals surface area contributed by atoms with Gasteiger partial charge in [0, 0.05) is 18.9 Å². The van der Waals surface area contributed by atoms with E-state index in [2.05, 4.69) is 10.4 Å². The summed E-state index contributed by atoms with van der Waals surface area (Å²) >= 11 is 0. The summed E-state index contributed by atoms with van der Waals surface area (Å²) in [4.78, 5) is 12.8. The van der Waals surface area contributed by atoms with E-state index >= 15 is 0 Å². The topological polar surface area (TPSA) is 46.9 Å². The molecule has 4 nitrogen and oxygen atoms in total. The van der Waals surface area contributed by atoms with Crippen LogP contribution < -0.4 is 5.32 Å². The fourth-order valence-electron chi connectivity index (χ4n) is 6.33. The fraction of sp³-hybridized carbons (Fsp3) is 0.600. The van der Waals surface area contributed by atoms with Gasteiger partial charge in [-0.2, -0.15) is 5.10 Å². The van der Waals surface area contributed by atoms with Crippen molar-refractivity contribution in [2.75, 3.05) is 5.32 Å². The van der Waals surface area contributed by atoms with Gasteiger partial charge in [0.1, 0.15) is 0 Å². The van der Waals surface area contributed by atoms with Crippen LogP contribution in [0.2, 0.25) is 0 Å². The Labute approximate surface area is 142 Å². The van der Waals surface area contributed by atoms with Crippen LogP contribution in [0.1, 0.15) is 44.9 Å². The first-order chi connectivity index (χ1) is 11.6. The number of hydrogen-bond acceptors (Lipinski definition) is 2. The summed E-state index contributed by atoms with van der Waals surface area (Å²) in [5.74, 6) is 3.53. The quantitative estimate of drug-likeness (QED) is 0.923. The zero-order valence-corrected chi connectivity index (χ0v) is 14.3. The Morgan fingerprint density at radius 3 is 2.46 bits per heavy atom. The second-order valence-electron chi connectivity index (χ2n) is 8.63. The molecule has 2 aromatic rings. The molecule has 24 heavy (non-hydrogen) atoms. The Hall–Kier alpha value is -1.84. The number of carbonyl (C=O) groups is 1. The molecule has 4 aliphatic rings. The molecule has 0 atom stereocenters. The second-order valence-corrected chi connectivity index (χ2v) is 8.63. The molecule has 4 bridgehead atoms. The molecule has 1 N–H and O–H groups in total. The predicted octanol–water partition coefficient (Wildman–Crippen LogP) is 4.12. The molecule has 4 heteroatoms. The summed E-state index contributed by atoms with van der Waals surface area (Å²) in [6.07, 6.45) is 8.77. The lowest BCUT2D eigenvalue weighted by Gasteiger charge is -2.56. The van der Waals surface area contributed by atoms with Gasteiger partial charge in [-0.1, -0.05) is 12.1 Å². The summed E-state index contributed by atoms with van der Waals surface area (Å²) in [5, 5.41) is 8.65. The zero-order valence-electron chi connectivity index (χ0n) is 14.3. The molecule has 0 unspecified atom stereocenters. The Bertz CT molecular complexity index is 771. The van der Waals surface area contributed by atoms with Crippen molar-refractivity contribution in [2.45, 2.75) is 44.9 Å². The van der Waals surface area contributed by atoms with Gasteiger partial charge in [0.25, 0.3) is 0 Å². The van der Waals surface area contributed by atoms with Crippen molar-refractivity contribution in [2.24, 2.45) is 30.2 Å². The summed E-state index contributed by atoms with van der Waals surface area (Å²) < 4.78 is 1.84. The second kappa shape index (κ2) is 5.08. The van der Waals surface area contributed by atoms with E-state index in [0.29, 0.717) is 12.2 Å². The first-order valence-corrected chi connectivity index (χ1v) is 9.32. The van der Waals surface area contributed by atoms with E-state index in [-0.39, 0.29) is 11.3 Å². The van der Waals surface area contributed by atoms with Crippen LogP contribution in [-0.4, -0.2) is 15.7 Å². The zero-order chi connectivity index (χ0) is 16.3. The molecule has 1 heterocycles. The first kappa shape index (κ1) is 14.5. The van der Waals surface area contributed by atoms with Crippen molar-refractivity contribution in [3.63, 3.8) is 0 Å². The van der Waals surface area contributed by atoms with Gasteiger partial charge in [0.15, 0.2) is 5.82 Å². The summed E-state index contributed by atoms with van der Waals surface area (Å²) in [7, 11) is 1.93. The maximum Gasteiger partial charge on any atom is 0.226 e. The van der Waals surface area contributed by atoms with Crippen LogP contribution in [0.3, 0.4) is 0 Å². The molecule has 0 aliphatic heterocycles. The van der Waals surface area contributed by atoms with E-state index in [0.717, 1.165) is 28.7 Å². The number of carbonyl (C=O) groups excluding carboxylic acids is 1. The van der Waals surface area contributed by atoms with Crippen LogP contribution >= 0.6 is 0 Å². The number of aryl methyl sites for hydroxylation is 1. The van der Waals surface area contributed by atoms with Gasteiger partial charge in [0.05, 0.1) is 5.52 Å². The largest absolute Gasteiger partial charge is 0.309 e. The molecule has 1 aromatic carbocycles. The molecule has 1 amide bonds. The number of hydrogen-bond donors (Lipinski definition) is 1. The molecular weight excluding hydrogens is 298 g/mol. The highest BCUT2D eigenvalue weighted by Gasteiger charge is 2.51. The molecule has 0 saturated heterocycles. The number of anilines is 1. The van der Waals surface area contributed by atoms with Gasteiger partial charge in [-0.05, 0) is 73.8 Å². The standard InChI is InChI=1S/C20H25N3O/c1-23-17-5-3-2-4-16(17)19(22-23)21-18(24)12-20-9-13-6-14(10-20)8-15(7-13)11-20/h2-5,13-15H,6-12H2,1H3,(H,21,22,24). The number of nitrogens with one attached hydrogen (secondary N) is 1. The average Bonchev–Trinajstić information content (AvgIpc) is 2.82. The lowest BCUT2D eigenvalue weighted by molar-refractivity contribution is -0.124. The Morgan fingerprint density at radius 2 is 1.79 bits per heavy atom.